The summed E-state index contributed by atoms with van der Waals surface area (Å²) in [5.41, 5.74) is 0. The monoisotopic (exact) mass is 192 g/mol. The number of hydrogen-bond acceptors (Lipinski definition) is 3. The van der Waals surface area contributed by atoms with Crippen LogP contribution in [0.4, 0.5) is 0 Å². The summed E-state index contributed by atoms with van der Waals surface area (Å²) < 4.78 is 4.83. The van der Waals surface area contributed by atoms with Crippen molar-refractivity contribution in [2.24, 2.45) is 0 Å². The van der Waals surface area contributed by atoms with E-state index in [9.17, 15) is 0 Å². The molecule has 0 bridgehead atoms. The van der Waals surface area contributed by atoms with E-state index in [4.69, 9.17) is 14.9 Å². The number of hydrogen-bond donors (Lipinski definition) is 2. The number of rotatable bonds is 3. The van der Waals surface area contributed by atoms with Crippen molar-refractivity contribution in [1.82, 2.24) is 0 Å². The minimum atomic E-state index is -0.125. The third kappa shape index (κ3) is 179. The van der Waals surface area contributed by atoms with Crippen LogP contribution < -0.4 is 0 Å². The summed E-state index contributed by atoms with van der Waals surface area (Å²) in [4.78, 5) is 0. The van der Waals surface area contributed by atoms with E-state index in [1.54, 1.807) is 0 Å². The van der Waals surface area contributed by atoms with Crippen LogP contribution in [0.1, 0.15) is 13.8 Å². The van der Waals surface area contributed by atoms with Crippen molar-refractivity contribution in [3.8, 4) is 0 Å². The Bertz CT molecular complexity index is 43.4. The molecule has 0 aromatic rings. The lowest BCUT2D eigenvalue weighted by Crippen LogP contribution is -1.85. The van der Waals surface area contributed by atoms with Crippen LogP contribution in [0.5, 0.6) is 0 Å². The molecule has 0 unspecified atom stereocenters. The van der Waals surface area contributed by atoms with Crippen molar-refractivity contribution in [3.05, 3.63) is 26.3 Å². The molecular weight excluding hydrogens is 168 g/mol. The Labute approximate surface area is 82.4 Å². The van der Waals surface area contributed by atoms with Gasteiger partial charge in [-0.15, -0.1) is 26.3 Å². The molecular formula is C10H24O3. The van der Waals surface area contributed by atoms with Crippen molar-refractivity contribution >= 4 is 0 Å². The molecule has 0 aromatic carbocycles. The van der Waals surface area contributed by atoms with Gasteiger partial charge in [0.15, 0.2) is 0 Å². The molecule has 0 fully saturated rings. The molecule has 0 rings (SSSR count). The topological polar surface area (TPSA) is 49.7 Å². The van der Waals surface area contributed by atoms with E-state index in [-0.39, 0.29) is 13.2 Å². The second-order valence-electron chi connectivity index (χ2n) is 1.23. The number of aliphatic hydroxyl groups is 2. The first kappa shape index (κ1) is 22.8. The van der Waals surface area contributed by atoms with Crippen molar-refractivity contribution in [2.75, 3.05) is 26.4 Å². The molecule has 0 aliphatic rings. The second kappa shape index (κ2) is 64.1. The Morgan fingerprint density at radius 2 is 1.08 bits per heavy atom. The standard InChI is InChI=1S/C4H10O.C2H6O2.2C2H4/c1-3-5-4-2;3-1-2-4;2*1-2/h3-4H2,1-2H3;3-4H,1-2H2;2*1-2H2. The SMILES string of the molecule is C=C.C=C.CCOCC.OCCO. The molecule has 2 N–H and O–H groups in total. The summed E-state index contributed by atoms with van der Waals surface area (Å²) in [5, 5.41) is 15.2. The minimum Gasteiger partial charge on any atom is -0.394 e. The van der Waals surface area contributed by atoms with Crippen LogP contribution in [0.25, 0.3) is 0 Å². The van der Waals surface area contributed by atoms with Gasteiger partial charge in [-0.3, -0.25) is 0 Å². The fourth-order valence-electron chi connectivity index (χ4n) is 0.204. The first-order chi connectivity index (χ1) is 6.33. The molecule has 0 saturated carbocycles. The average Bonchev–Trinajstić information content (AvgIpc) is 2.25. The van der Waals surface area contributed by atoms with Gasteiger partial charge >= 0.3 is 0 Å². The Balaban J connectivity index is -0.0000000457. The van der Waals surface area contributed by atoms with E-state index in [1.807, 2.05) is 13.8 Å². The van der Waals surface area contributed by atoms with Gasteiger partial charge in [-0.1, -0.05) is 0 Å². The Hall–Kier alpha value is -0.640. The van der Waals surface area contributed by atoms with E-state index in [1.165, 1.54) is 0 Å². The van der Waals surface area contributed by atoms with E-state index >= 15 is 0 Å². The zero-order chi connectivity index (χ0) is 11.5. The van der Waals surface area contributed by atoms with Crippen LogP contribution >= 0.6 is 0 Å². The van der Waals surface area contributed by atoms with Gasteiger partial charge in [0, 0.05) is 13.2 Å². The Morgan fingerprint density at radius 1 is 0.846 bits per heavy atom. The van der Waals surface area contributed by atoms with E-state index in [0.29, 0.717) is 0 Å². The summed E-state index contributed by atoms with van der Waals surface area (Å²) in [5.74, 6) is 0. The highest BCUT2D eigenvalue weighted by atomic mass is 16.5. The van der Waals surface area contributed by atoms with Crippen molar-refractivity contribution < 1.29 is 14.9 Å². The minimum absolute atomic E-state index is 0.125. The van der Waals surface area contributed by atoms with Gasteiger partial charge < -0.3 is 14.9 Å². The summed E-state index contributed by atoms with van der Waals surface area (Å²) in [6, 6.07) is 0. The maximum absolute atomic E-state index is 7.62. The Kier molecular flexibility index (Phi) is 113. The van der Waals surface area contributed by atoms with Gasteiger partial charge in [0.1, 0.15) is 0 Å². The molecule has 3 heteroatoms. The molecule has 0 aliphatic heterocycles. The molecule has 3 nitrogen and oxygen atoms in total. The molecule has 0 spiro atoms. The van der Waals surface area contributed by atoms with Crippen LogP contribution in [-0.4, -0.2) is 36.6 Å². The van der Waals surface area contributed by atoms with Gasteiger partial charge in [0.25, 0.3) is 0 Å². The summed E-state index contributed by atoms with van der Waals surface area (Å²) in [6.07, 6.45) is 0. The van der Waals surface area contributed by atoms with Crippen LogP contribution in [0.15, 0.2) is 26.3 Å². The fraction of sp³-hybridized carbons (Fsp3) is 0.600. The highest BCUT2D eigenvalue weighted by Crippen LogP contribution is 1.64. The lowest BCUT2D eigenvalue weighted by atomic mass is 10.8. The lowest BCUT2D eigenvalue weighted by Gasteiger charge is -1.86. The highest BCUT2D eigenvalue weighted by Gasteiger charge is 1.64. The van der Waals surface area contributed by atoms with Crippen molar-refractivity contribution in [1.29, 1.82) is 0 Å². The molecule has 0 saturated heterocycles. The van der Waals surface area contributed by atoms with Gasteiger partial charge in [-0.2, -0.15) is 0 Å². The Morgan fingerprint density at radius 3 is 1.08 bits per heavy atom. The van der Waals surface area contributed by atoms with Crippen LogP contribution in [0, 0.1) is 0 Å². The number of ether oxygens (including phenoxy) is 1. The first-order valence-electron chi connectivity index (χ1n) is 4.12. The van der Waals surface area contributed by atoms with E-state index in [0.717, 1.165) is 13.2 Å². The zero-order valence-corrected chi connectivity index (χ0v) is 8.96. The normalized spacial score (nSPS) is 6.15. The second-order valence-corrected chi connectivity index (χ2v) is 1.23. The van der Waals surface area contributed by atoms with E-state index < -0.39 is 0 Å². The van der Waals surface area contributed by atoms with Gasteiger partial charge in [-0.05, 0) is 13.8 Å². The molecule has 0 heterocycles. The van der Waals surface area contributed by atoms with E-state index in [2.05, 4.69) is 26.3 Å². The molecule has 82 valence electrons. The maximum Gasteiger partial charge on any atom is 0.0662 e. The zero-order valence-electron chi connectivity index (χ0n) is 8.96. The van der Waals surface area contributed by atoms with Gasteiger partial charge in [0.05, 0.1) is 13.2 Å². The molecule has 0 radical (unpaired) electrons. The highest BCUT2D eigenvalue weighted by molar-refractivity contribution is 4.22. The van der Waals surface area contributed by atoms with Crippen molar-refractivity contribution in [2.45, 2.75) is 13.8 Å². The van der Waals surface area contributed by atoms with Crippen LogP contribution in [0.3, 0.4) is 0 Å². The van der Waals surface area contributed by atoms with Crippen LogP contribution in [0.2, 0.25) is 0 Å². The molecule has 0 aromatic heterocycles. The third-order valence-electron chi connectivity index (χ3n) is 0.508. The maximum atomic E-state index is 7.62. The first-order valence-corrected chi connectivity index (χ1v) is 4.12. The predicted molar refractivity (Wildman–Crippen MR) is 58.8 cm³/mol. The molecule has 0 amide bonds. The molecule has 13 heavy (non-hydrogen) atoms. The summed E-state index contributed by atoms with van der Waals surface area (Å²) in [7, 11) is 0. The lowest BCUT2D eigenvalue weighted by molar-refractivity contribution is 0.162. The quantitative estimate of drug-likeness (QED) is 0.668. The molecule has 0 atom stereocenters. The summed E-state index contributed by atoms with van der Waals surface area (Å²) in [6.45, 7) is 17.4. The smallest absolute Gasteiger partial charge is 0.0662 e. The average molecular weight is 192 g/mol. The van der Waals surface area contributed by atoms with Crippen LogP contribution in [-0.2, 0) is 4.74 Å². The van der Waals surface area contributed by atoms with Gasteiger partial charge in [0.2, 0.25) is 0 Å². The summed E-state index contributed by atoms with van der Waals surface area (Å²) >= 11 is 0. The third-order valence-corrected chi connectivity index (χ3v) is 0.508. The number of aliphatic hydroxyl groups excluding tert-OH is 2. The molecule has 0 aliphatic carbocycles. The predicted octanol–water partition coefficient (Wildman–Crippen LogP) is 1.62. The van der Waals surface area contributed by atoms with Crippen molar-refractivity contribution in [3.63, 3.8) is 0 Å². The fourth-order valence-corrected chi connectivity index (χ4v) is 0.204. The largest absolute Gasteiger partial charge is 0.394 e. The van der Waals surface area contributed by atoms with Gasteiger partial charge in [-0.25, -0.2) is 0 Å².